The van der Waals surface area contributed by atoms with Crippen LogP contribution in [0.25, 0.3) is 5.69 Å². The summed E-state index contributed by atoms with van der Waals surface area (Å²) in [7, 11) is 1.78. The first-order valence-electron chi connectivity index (χ1n) is 8.00. The van der Waals surface area contributed by atoms with Crippen LogP contribution in [0.3, 0.4) is 0 Å². The van der Waals surface area contributed by atoms with E-state index in [4.69, 9.17) is 0 Å². The molecule has 0 spiro atoms. The topological polar surface area (TPSA) is 59.2 Å². The lowest BCUT2D eigenvalue weighted by Crippen LogP contribution is -2.38. The number of hydrogen-bond donors (Lipinski definition) is 2. The molecule has 3 aromatic rings. The number of hydrogen-bond acceptors (Lipinski definition) is 2. The fourth-order valence-electron chi connectivity index (χ4n) is 2.52. The number of guanidine groups is 1. The van der Waals surface area contributed by atoms with Gasteiger partial charge in [-0.2, -0.15) is 5.10 Å². The van der Waals surface area contributed by atoms with Gasteiger partial charge in [0.15, 0.2) is 5.96 Å². The van der Waals surface area contributed by atoms with Crippen LogP contribution in [0, 0.1) is 0 Å². The molecule has 0 atom stereocenters. The van der Waals surface area contributed by atoms with Crippen LogP contribution in [0.5, 0.6) is 0 Å². The highest BCUT2D eigenvalue weighted by molar-refractivity contribution is 5.79. The molecule has 0 bridgehead atoms. The first kappa shape index (κ1) is 15.9. The normalized spacial score (nSPS) is 11.5. The summed E-state index contributed by atoms with van der Waals surface area (Å²) in [6.45, 7) is 2.39. The Labute approximate surface area is 141 Å². The van der Waals surface area contributed by atoms with Crippen molar-refractivity contribution in [2.75, 3.05) is 13.6 Å². The van der Waals surface area contributed by atoms with Crippen molar-refractivity contribution in [3.8, 4) is 5.69 Å². The van der Waals surface area contributed by atoms with E-state index < -0.39 is 0 Å². The Morgan fingerprint density at radius 1 is 1.04 bits per heavy atom. The third kappa shape index (κ3) is 4.04. The molecule has 0 saturated heterocycles. The molecule has 2 aromatic heterocycles. The highest BCUT2D eigenvalue weighted by Gasteiger charge is 2.05. The van der Waals surface area contributed by atoms with Crippen molar-refractivity contribution in [2.45, 2.75) is 13.1 Å². The summed E-state index contributed by atoms with van der Waals surface area (Å²) in [5, 5.41) is 11.0. The molecule has 2 heterocycles. The van der Waals surface area contributed by atoms with Crippen molar-refractivity contribution in [3.63, 3.8) is 0 Å². The predicted octanol–water partition coefficient (Wildman–Crippen LogP) is 2.04. The molecule has 0 fully saturated rings. The van der Waals surface area contributed by atoms with Crippen molar-refractivity contribution in [3.05, 3.63) is 72.8 Å². The minimum atomic E-state index is 0.680. The first-order chi connectivity index (χ1) is 11.9. The van der Waals surface area contributed by atoms with Gasteiger partial charge in [0.1, 0.15) is 0 Å². The van der Waals surface area contributed by atoms with Crippen molar-refractivity contribution in [1.29, 1.82) is 0 Å². The van der Waals surface area contributed by atoms with Crippen LogP contribution in [-0.2, 0) is 13.1 Å². The summed E-state index contributed by atoms with van der Waals surface area (Å²) in [6, 6.07) is 14.2. The van der Waals surface area contributed by atoms with E-state index in [9.17, 15) is 0 Å². The molecule has 0 amide bonds. The van der Waals surface area contributed by atoms with E-state index in [2.05, 4.69) is 49.8 Å². The summed E-state index contributed by atoms with van der Waals surface area (Å²) >= 11 is 0. The largest absolute Gasteiger partial charge is 0.355 e. The molecular formula is C18H22N6. The molecule has 0 aliphatic rings. The SMILES string of the molecule is CN=C(NCCn1cccc1)NCc1ccccc1-n1cccn1. The van der Waals surface area contributed by atoms with Crippen LogP contribution in [0.4, 0.5) is 0 Å². The number of benzene rings is 1. The molecule has 0 radical (unpaired) electrons. The molecule has 3 rings (SSSR count). The predicted molar refractivity (Wildman–Crippen MR) is 96.2 cm³/mol. The Kier molecular flexibility index (Phi) is 5.29. The third-order valence-electron chi connectivity index (χ3n) is 3.74. The molecule has 0 aliphatic heterocycles. The van der Waals surface area contributed by atoms with Gasteiger partial charge in [-0.3, -0.25) is 4.99 Å². The molecule has 0 unspecified atom stereocenters. The van der Waals surface area contributed by atoms with Crippen molar-refractivity contribution in [1.82, 2.24) is 25.0 Å². The minimum absolute atomic E-state index is 0.680. The van der Waals surface area contributed by atoms with Crippen LogP contribution >= 0.6 is 0 Å². The zero-order valence-electron chi connectivity index (χ0n) is 13.8. The summed E-state index contributed by atoms with van der Waals surface area (Å²) in [5.74, 6) is 0.789. The minimum Gasteiger partial charge on any atom is -0.355 e. The van der Waals surface area contributed by atoms with Gasteiger partial charge in [0.2, 0.25) is 0 Å². The van der Waals surface area contributed by atoms with Crippen molar-refractivity contribution < 1.29 is 0 Å². The van der Waals surface area contributed by atoms with Crippen LogP contribution in [0.15, 0.2) is 72.2 Å². The second-order valence-corrected chi connectivity index (χ2v) is 5.35. The average Bonchev–Trinajstić information content (AvgIpc) is 3.32. The fourth-order valence-corrected chi connectivity index (χ4v) is 2.52. The van der Waals surface area contributed by atoms with Gasteiger partial charge in [-0.1, -0.05) is 18.2 Å². The zero-order valence-corrected chi connectivity index (χ0v) is 13.8. The van der Waals surface area contributed by atoms with Gasteiger partial charge in [0, 0.05) is 51.5 Å². The lowest BCUT2D eigenvalue weighted by atomic mass is 10.2. The fraction of sp³-hybridized carbons (Fsp3) is 0.222. The molecule has 124 valence electrons. The molecule has 0 saturated carbocycles. The first-order valence-corrected chi connectivity index (χ1v) is 8.00. The maximum Gasteiger partial charge on any atom is 0.191 e. The van der Waals surface area contributed by atoms with Crippen LogP contribution in [0.1, 0.15) is 5.56 Å². The van der Waals surface area contributed by atoms with Crippen LogP contribution in [-0.4, -0.2) is 33.9 Å². The quantitative estimate of drug-likeness (QED) is 0.539. The van der Waals surface area contributed by atoms with Gasteiger partial charge in [-0.15, -0.1) is 0 Å². The maximum atomic E-state index is 4.31. The molecule has 2 N–H and O–H groups in total. The number of aliphatic imine (C=N–C) groups is 1. The van der Waals surface area contributed by atoms with E-state index in [-0.39, 0.29) is 0 Å². The lowest BCUT2D eigenvalue weighted by Gasteiger charge is -2.14. The Hall–Kier alpha value is -3.02. The Balaban J connectivity index is 1.56. The van der Waals surface area contributed by atoms with Crippen molar-refractivity contribution in [2.24, 2.45) is 4.99 Å². The number of para-hydroxylation sites is 1. The van der Waals surface area contributed by atoms with Gasteiger partial charge in [0.05, 0.1) is 5.69 Å². The molecule has 6 nitrogen and oxygen atoms in total. The number of rotatable bonds is 6. The smallest absolute Gasteiger partial charge is 0.191 e. The van der Waals surface area contributed by atoms with Crippen LogP contribution < -0.4 is 10.6 Å². The Morgan fingerprint density at radius 2 is 1.88 bits per heavy atom. The van der Waals surface area contributed by atoms with Gasteiger partial charge >= 0.3 is 0 Å². The molecule has 6 heteroatoms. The molecule has 1 aromatic carbocycles. The Bertz CT molecular complexity index is 759. The number of aromatic nitrogens is 3. The van der Waals surface area contributed by atoms with E-state index in [1.807, 2.05) is 41.2 Å². The second kappa shape index (κ2) is 8.01. The van der Waals surface area contributed by atoms with E-state index in [1.54, 1.807) is 13.2 Å². The van der Waals surface area contributed by atoms with E-state index in [0.717, 1.165) is 30.3 Å². The lowest BCUT2D eigenvalue weighted by molar-refractivity contribution is 0.665. The van der Waals surface area contributed by atoms with Gasteiger partial charge in [-0.05, 0) is 29.8 Å². The van der Waals surface area contributed by atoms with Crippen molar-refractivity contribution >= 4 is 5.96 Å². The maximum absolute atomic E-state index is 4.31. The summed E-state index contributed by atoms with van der Waals surface area (Å²) < 4.78 is 4.01. The zero-order chi connectivity index (χ0) is 16.6. The van der Waals surface area contributed by atoms with E-state index in [0.29, 0.717) is 6.54 Å². The monoisotopic (exact) mass is 322 g/mol. The molecular weight excluding hydrogens is 300 g/mol. The van der Waals surface area contributed by atoms with Crippen LogP contribution in [0.2, 0.25) is 0 Å². The molecule has 24 heavy (non-hydrogen) atoms. The number of nitrogens with zero attached hydrogens (tertiary/aromatic N) is 4. The van der Waals surface area contributed by atoms with Gasteiger partial charge in [0.25, 0.3) is 0 Å². The summed E-state index contributed by atoms with van der Waals surface area (Å²) in [6.07, 6.45) is 7.84. The van der Waals surface area contributed by atoms with E-state index >= 15 is 0 Å². The Morgan fingerprint density at radius 3 is 2.62 bits per heavy atom. The highest BCUT2D eigenvalue weighted by Crippen LogP contribution is 2.12. The summed E-state index contributed by atoms with van der Waals surface area (Å²) in [4.78, 5) is 4.28. The second-order valence-electron chi connectivity index (χ2n) is 5.35. The summed E-state index contributed by atoms with van der Waals surface area (Å²) in [5.41, 5.74) is 2.23. The standard InChI is InChI=1S/C18H22N6/c1-19-18(20-10-14-23-11-4-5-12-23)21-15-16-7-2-3-8-17(16)24-13-6-9-22-24/h2-9,11-13H,10,14-15H2,1H3,(H2,19,20,21). The van der Waals surface area contributed by atoms with Gasteiger partial charge < -0.3 is 15.2 Å². The third-order valence-corrected chi connectivity index (χ3v) is 3.74. The number of nitrogens with one attached hydrogen (secondary N) is 2. The average molecular weight is 322 g/mol. The van der Waals surface area contributed by atoms with E-state index in [1.165, 1.54) is 0 Å². The molecule has 0 aliphatic carbocycles. The van der Waals surface area contributed by atoms with Gasteiger partial charge in [-0.25, -0.2) is 4.68 Å². The highest BCUT2D eigenvalue weighted by atomic mass is 15.3.